The summed E-state index contributed by atoms with van der Waals surface area (Å²) in [5.41, 5.74) is 0. The van der Waals surface area contributed by atoms with Crippen LogP contribution in [0.4, 0.5) is 0 Å². The summed E-state index contributed by atoms with van der Waals surface area (Å²) in [4.78, 5) is 42.2. The van der Waals surface area contributed by atoms with Crippen LogP contribution >= 0.6 is 0 Å². The Kier molecular flexibility index (Phi) is 17.3. The number of esters is 3. The molecule has 0 fully saturated rings. The molecule has 8 nitrogen and oxygen atoms in total. The molecule has 0 radical (unpaired) electrons. The van der Waals surface area contributed by atoms with Crippen LogP contribution in [0.25, 0.3) is 0 Å². The van der Waals surface area contributed by atoms with E-state index in [0.717, 1.165) is 0 Å². The summed E-state index contributed by atoms with van der Waals surface area (Å²) in [6.07, 6.45) is 1.64. The first-order valence-electron chi connectivity index (χ1n) is 8.05. The van der Waals surface area contributed by atoms with Crippen molar-refractivity contribution in [3.8, 4) is 0 Å². The van der Waals surface area contributed by atoms with E-state index >= 15 is 0 Å². The topological polar surface area (TPSA) is 116 Å². The Balaban J connectivity index is 0. The molecule has 0 spiro atoms. The lowest BCUT2D eigenvalue weighted by Crippen LogP contribution is -2.07. The third-order valence-corrected chi connectivity index (χ3v) is 2.45. The largest absolute Gasteiger partial charge is 0.481 e. The van der Waals surface area contributed by atoms with Crippen LogP contribution in [0.15, 0.2) is 0 Å². The molecule has 0 heterocycles. The number of hydrogen-bond acceptors (Lipinski definition) is 7. The summed E-state index contributed by atoms with van der Waals surface area (Å²) in [5.74, 6) is -1.72. The highest BCUT2D eigenvalue weighted by Gasteiger charge is 2.05. The Morgan fingerprint density at radius 1 is 0.625 bits per heavy atom. The normalized spacial score (nSPS) is 9.29. The Morgan fingerprint density at radius 3 is 1.17 bits per heavy atom. The van der Waals surface area contributed by atoms with Crippen molar-refractivity contribution in [3.05, 3.63) is 0 Å². The molecule has 8 heteroatoms. The van der Waals surface area contributed by atoms with Gasteiger partial charge in [-0.1, -0.05) is 0 Å². The average Bonchev–Trinajstić information content (AvgIpc) is 2.48. The zero-order valence-corrected chi connectivity index (χ0v) is 14.7. The molecule has 0 aromatic carbocycles. The number of carbonyl (C=O) groups is 4. The zero-order valence-electron chi connectivity index (χ0n) is 14.7. The van der Waals surface area contributed by atoms with Crippen molar-refractivity contribution in [1.82, 2.24) is 0 Å². The van der Waals surface area contributed by atoms with Crippen molar-refractivity contribution in [1.29, 1.82) is 0 Å². The Hall–Kier alpha value is -2.12. The molecule has 0 bridgehead atoms. The first kappa shape index (κ1) is 24.1. The van der Waals surface area contributed by atoms with E-state index in [2.05, 4.69) is 4.74 Å². The maximum atomic E-state index is 10.8. The highest BCUT2D eigenvalue weighted by molar-refractivity contribution is 5.72. The van der Waals surface area contributed by atoms with Crippen LogP contribution in [0.1, 0.15) is 59.3 Å². The fraction of sp³-hybridized carbons (Fsp3) is 0.750. The number of ether oxygens (including phenoxy) is 3. The first-order chi connectivity index (χ1) is 11.4. The van der Waals surface area contributed by atoms with E-state index in [1.165, 1.54) is 0 Å². The van der Waals surface area contributed by atoms with Crippen LogP contribution in [0.2, 0.25) is 0 Å². The Labute approximate surface area is 142 Å². The van der Waals surface area contributed by atoms with Crippen molar-refractivity contribution in [2.75, 3.05) is 19.8 Å². The van der Waals surface area contributed by atoms with E-state index in [4.69, 9.17) is 14.6 Å². The quantitative estimate of drug-likeness (QED) is 0.445. The Bertz CT molecular complexity index is 360. The predicted octanol–water partition coefficient (Wildman–Crippen LogP) is 2.09. The number of carboxylic acids is 1. The minimum atomic E-state index is -0.880. The summed E-state index contributed by atoms with van der Waals surface area (Å²) >= 11 is 0. The first-order valence-corrected chi connectivity index (χ1v) is 8.05. The SMILES string of the molecule is CCOC(=O)CCCC(=O)O.CCOC(=O)CCCC(=O)OCC. The van der Waals surface area contributed by atoms with Crippen molar-refractivity contribution in [2.45, 2.75) is 59.3 Å². The number of aliphatic carboxylic acids is 1. The van der Waals surface area contributed by atoms with E-state index in [9.17, 15) is 19.2 Å². The van der Waals surface area contributed by atoms with E-state index in [1.54, 1.807) is 20.8 Å². The van der Waals surface area contributed by atoms with Gasteiger partial charge in [-0.15, -0.1) is 0 Å². The minimum Gasteiger partial charge on any atom is -0.481 e. The van der Waals surface area contributed by atoms with Gasteiger partial charge in [0.2, 0.25) is 0 Å². The number of hydrogen-bond donors (Lipinski definition) is 1. The molecule has 0 saturated carbocycles. The van der Waals surface area contributed by atoms with Gasteiger partial charge in [0.25, 0.3) is 0 Å². The van der Waals surface area contributed by atoms with Gasteiger partial charge in [0.05, 0.1) is 19.8 Å². The molecule has 24 heavy (non-hydrogen) atoms. The van der Waals surface area contributed by atoms with E-state index in [-0.39, 0.29) is 43.6 Å². The van der Waals surface area contributed by atoms with Gasteiger partial charge in [-0.2, -0.15) is 0 Å². The number of carboxylic acid groups (broad SMARTS) is 1. The lowest BCUT2D eigenvalue weighted by Gasteiger charge is -2.01. The summed E-state index contributed by atoms with van der Waals surface area (Å²) in [7, 11) is 0. The molecule has 0 aromatic rings. The molecule has 1 N–H and O–H groups in total. The molecule has 0 saturated heterocycles. The van der Waals surface area contributed by atoms with Gasteiger partial charge in [-0.3, -0.25) is 19.2 Å². The lowest BCUT2D eigenvalue weighted by molar-refractivity contribution is -0.146. The van der Waals surface area contributed by atoms with Gasteiger partial charge in [0.15, 0.2) is 0 Å². The molecule has 0 aromatic heterocycles. The number of rotatable bonds is 11. The third-order valence-electron chi connectivity index (χ3n) is 2.45. The molecule has 0 aliphatic carbocycles. The summed E-state index contributed by atoms with van der Waals surface area (Å²) in [5, 5.41) is 8.20. The summed E-state index contributed by atoms with van der Waals surface area (Å²) in [6, 6.07) is 0. The molecule has 0 atom stereocenters. The maximum absolute atomic E-state index is 10.8. The lowest BCUT2D eigenvalue weighted by atomic mass is 10.2. The van der Waals surface area contributed by atoms with Crippen LogP contribution in [-0.4, -0.2) is 48.8 Å². The van der Waals surface area contributed by atoms with Crippen molar-refractivity contribution in [3.63, 3.8) is 0 Å². The maximum Gasteiger partial charge on any atom is 0.305 e. The van der Waals surface area contributed by atoms with Gasteiger partial charge in [-0.05, 0) is 33.6 Å². The minimum absolute atomic E-state index is 0.0266. The van der Waals surface area contributed by atoms with E-state index in [1.807, 2.05) is 0 Å². The molecule has 0 rings (SSSR count). The summed E-state index contributed by atoms with van der Waals surface area (Å²) < 4.78 is 14.0. The van der Waals surface area contributed by atoms with Crippen LogP contribution in [0.3, 0.4) is 0 Å². The molecule has 0 unspecified atom stereocenters. The summed E-state index contributed by atoms with van der Waals surface area (Å²) in [6.45, 7) is 6.35. The van der Waals surface area contributed by atoms with Crippen LogP contribution < -0.4 is 0 Å². The van der Waals surface area contributed by atoms with Crippen molar-refractivity contribution < 1.29 is 38.5 Å². The predicted molar refractivity (Wildman–Crippen MR) is 85.2 cm³/mol. The van der Waals surface area contributed by atoms with E-state index < -0.39 is 5.97 Å². The fourth-order valence-electron chi connectivity index (χ4n) is 1.46. The highest BCUT2D eigenvalue weighted by Crippen LogP contribution is 1.99. The van der Waals surface area contributed by atoms with Crippen LogP contribution in [0, 0.1) is 0 Å². The second kappa shape index (κ2) is 17.2. The van der Waals surface area contributed by atoms with Gasteiger partial charge >= 0.3 is 23.9 Å². The fourth-order valence-corrected chi connectivity index (χ4v) is 1.46. The van der Waals surface area contributed by atoms with Gasteiger partial charge in [0, 0.05) is 25.7 Å². The molecule has 0 aliphatic rings. The molecular formula is C16H28O8. The Morgan fingerprint density at radius 2 is 0.917 bits per heavy atom. The molecule has 0 amide bonds. The monoisotopic (exact) mass is 348 g/mol. The van der Waals surface area contributed by atoms with Crippen molar-refractivity contribution >= 4 is 23.9 Å². The number of carbonyl (C=O) groups excluding carboxylic acids is 3. The van der Waals surface area contributed by atoms with E-state index in [0.29, 0.717) is 32.7 Å². The average molecular weight is 348 g/mol. The van der Waals surface area contributed by atoms with Crippen molar-refractivity contribution in [2.24, 2.45) is 0 Å². The smallest absolute Gasteiger partial charge is 0.305 e. The second-order valence-corrected chi connectivity index (χ2v) is 4.52. The van der Waals surface area contributed by atoms with Gasteiger partial charge in [0.1, 0.15) is 0 Å². The van der Waals surface area contributed by atoms with Gasteiger partial charge < -0.3 is 19.3 Å². The third kappa shape index (κ3) is 19.9. The molecule has 0 aliphatic heterocycles. The second-order valence-electron chi connectivity index (χ2n) is 4.52. The molecular weight excluding hydrogens is 320 g/mol. The molecule has 140 valence electrons. The van der Waals surface area contributed by atoms with Crippen LogP contribution in [-0.2, 0) is 33.4 Å². The zero-order chi connectivity index (χ0) is 18.8. The standard InChI is InChI=1S/C9H16O4.C7H12O4/c1-3-12-8(10)6-5-7-9(11)13-4-2;1-2-11-7(10)5-3-4-6(8)9/h3-7H2,1-2H3;2-5H2,1H3,(H,8,9). The van der Waals surface area contributed by atoms with Gasteiger partial charge in [-0.25, -0.2) is 0 Å². The highest BCUT2D eigenvalue weighted by atomic mass is 16.5. The van der Waals surface area contributed by atoms with Crippen LogP contribution in [0.5, 0.6) is 0 Å².